The van der Waals surface area contributed by atoms with Crippen molar-refractivity contribution in [2.75, 3.05) is 27.9 Å². The highest BCUT2D eigenvalue weighted by atomic mass is 16.7. The van der Waals surface area contributed by atoms with Crippen LogP contribution in [0.1, 0.15) is 65.5 Å². The standard InChI is InChI=1S/C28H45BN2O8/c1-16(2)12-23(29-38-27(3,4)28(5,6)39-29)31-26(34)20(15-32)30-25(33)17-10-11-18-19(13-17)21(35-7)14-22(36-8)24(18)37-9/h14,16-17,20,23,32H,10-13,15H2,1-9H3,(H,30,33)(H,31,34)/t17?,20-,23?/m0/s1. The van der Waals surface area contributed by atoms with Crippen molar-refractivity contribution >= 4 is 18.9 Å². The highest BCUT2D eigenvalue weighted by Crippen LogP contribution is 2.44. The SMILES string of the molecule is COc1cc(OC)c(OC)c2c1CC(C(=O)N[C@@H](CO)C(=O)NC(CC(C)C)B1OC(C)(C)C(C)(C)O1)CC2. The Labute approximate surface area is 232 Å². The van der Waals surface area contributed by atoms with E-state index in [0.717, 1.165) is 11.1 Å². The Morgan fingerprint density at radius 2 is 1.64 bits per heavy atom. The van der Waals surface area contributed by atoms with Gasteiger partial charge in [-0.2, -0.15) is 0 Å². The van der Waals surface area contributed by atoms with Crippen molar-refractivity contribution in [3.8, 4) is 17.2 Å². The predicted molar refractivity (Wildman–Crippen MR) is 148 cm³/mol. The number of amides is 2. The molecule has 0 radical (unpaired) electrons. The van der Waals surface area contributed by atoms with Gasteiger partial charge in [0.25, 0.3) is 0 Å². The zero-order chi connectivity index (χ0) is 29.1. The second-order valence-electron chi connectivity index (χ2n) is 11.8. The third-order valence-electron chi connectivity index (χ3n) is 8.10. The number of carbonyl (C=O) groups excluding carboxylic acids is 2. The third kappa shape index (κ3) is 6.64. The van der Waals surface area contributed by atoms with Gasteiger partial charge in [0.15, 0.2) is 11.5 Å². The van der Waals surface area contributed by atoms with Crippen molar-refractivity contribution in [2.24, 2.45) is 11.8 Å². The van der Waals surface area contributed by atoms with E-state index in [1.807, 2.05) is 27.7 Å². The Kier molecular flexibility index (Phi) is 9.83. The van der Waals surface area contributed by atoms with E-state index in [1.54, 1.807) is 27.4 Å². The molecule has 1 aromatic rings. The summed E-state index contributed by atoms with van der Waals surface area (Å²) in [5.41, 5.74) is 0.734. The zero-order valence-electron chi connectivity index (χ0n) is 24.8. The summed E-state index contributed by atoms with van der Waals surface area (Å²) in [7, 11) is 4.08. The average molecular weight is 548 g/mol. The summed E-state index contributed by atoms with van der Waals surface area (Å²) in [5, 5.41) is 15.8. The predicted octanol–water partition coefficient (Wildman–Crippen LogP) is 2.46. The summed E-state index contributed by atoms with van der Waals surface area (Å²) >= 11 is 0. The van der Waals surface area contributed by atoms with Gasteiger partial charge < -0.3 is 39.3 Å². The van der Waals surface area contributed by atoms with Crippen LogP contribution in [0.15, 0.2) is 6.07 Å². The van der Waals surface area contributed by atoms with Crippen molar-refractivity contribution in [3.63, 3.8) is 0 Å². The van der Waals surface area contributed by atoms with Gasteiger partial charge in [-0.15, -0.1) is 0 Å². The molecule has 1 aromatic carbocycles. The van der Waals surface area contributed by atoms with Crippen LogP contribution in [-0.2, 0) is 31.7 Å². The molecule has 1 heterocycles. The molecule has 3 rings (SSSR count). The number of rotatable bonds is 11. The molecule has 2 unspecified atom stereocenters. The number of nitrogens with one attached hydrogen (secondary N) is 2. The Morgan fingerprint density at radius 3 is 2.15 bits per heavy atom. The van der Waals surface area contributed by atoms with Crippen LogP contribution in [0, 0.1) is 11.8 Å². The van der Waals surface area contributed by atoms with Gasteiger partial charge in [0.05, 0.1) is 45.1 Å². The molecule has 0 spiro atoms. The van der Waals surface area contributed by atoms with E-state index in [2.05, 4.69) is 24.5 Å². The highest BCUT2D eigenvalue weighted by Gasteiger charge is 2.54. The first-order valence-electron chi connectivity index (χ1n) is 13.7. The Morgan fingerprint density at radius 1 is 1.03 bits per heavy atom. The number of aliphatic hydroxyl groups is 1. The Hall–Kier alpha value is -2.50. The fourth-order valence-corrected chi connectivity index (χ4v) is 5.21. The first-order valence-corrected chi connectivity index (χ1v) is 13.7. The van der Waals surface area contributed by atoms with E-state index >= 15 is 0 Å². The molecule has 218 valence electrons. The molecule has 11 heteroatoms. The van der Waals surface area contributed by atoms with Gasteiger partial charge in [-0.05, 0) is 59.3 Å². The molecule has 1 aliphatic carbocycles. The van der Waals surface area contributed by atoms with Gasteiger partial charge in [0, 0.05) is 23.1 Å². The normalized spacial score (nSPS) is 21.1. The number of hydrogen-bond acceptors (Lipinski definition) is 8. The van der Waals surface area contributed by atoms with Gasteiger partial charge in [0.2, 0.25) is 11.8 Å². The summed E-state index contributed by atoms with van der Waals surface area (Å²) < 4.78 is 29.0. The minimum absolute atomic E-state index is 0.254. The fraction of sp³-hybridized carbons (Fsp3) is 0.714. The minimum Gasteiger partial charge on any atom is -0.496 e. The van der Waals surface area contributed by atoms with Crippen molar-refractivity contribution in [3.05, 3.63) is 17.2 Å². The lowest BCUT2D eigenvalue weighted by atomic mass is 9.74. The summed E-state index contributed by atoms with van der Waals surface area (Å²) in [6, 6.07) is 0.648. The number of carbonyl (C=O) groups is 2. The van der Waals surface area contributed by atoms with Crippen molar-refractivity contribution < 1.29 is 38.2 Å². The summed E-state index contributed by atoms with van der Waals surface area (Å²) in [5.74, 6) is 0.456. The second kappa shape index (κ2) is 12.3. The maximum atomic E-state index is 13.3. The van der Waals surface area contributed by atoms with Gasteiger partial charge in [-0.1, -0.05) is 13.8 Å². The lowest BCUT2D eigenvalue weighted by Gasteiger charge is -2.32. The van der Waals surface area contributed by atoms with Gasteiger partial charge >= 0.3 is 7.12 Å². The second-order valence-corrected chi connectivity index (χ2v) is 11.8. The number of fused-ring (bicyclic) bond motifs is 1. The number of aliphatic hydroxyl groups excluding tert-OH is 1. The number of methoxy groups -OCH3 is 3. The van der Waals surface area contributed by atoms with Crippen LogP contribution in [-0.4, -0.2) is 75.2 Å². The molecular formula is C28H45BN2O8. The lowest BCUT2D eigenvalue weighted by molar-refractivity contribution is -0.132. The number of benzene rings is 1. The van der Waals surface area contributed by atoms with Crippen LogP contribution in [0.3, 0.4) is 0 Å². The third-order valence-corrected chi connectivity index (χ3v) is 8.10. The molecule has 3 N–H and O–H groups in total. The molecule has 0 aromatic heterocycles. The van der Waals surface area contributed by atoms with E-state index in [4.69, 9.17) is 23.5 Å². The molecule has 3 atom stereocenters. The molecule has 39 heavy (non-hydrogen) atoms. The van der Waals surface area contributed by atoms with Gasteiger partial charge in [0.1, 0.15) is 11.8 Å². The smallest absolute Gasteiger partial charge is 0.481 e. The largest absolute Gasteiger partial charge is 0.496 e. The number of hydrogen-bond donors (Lipinski definition) is 3. The van der Waals surface area contributed by atoms with E-state index < -0.39 is 48.7 Å². The van der Waals surface area contributed by atoms with Gasteiger partial charge in [-0.3, -0.25) is 9.59 Å². The van der Waals surface area contributed by atoms with Crippen molar-refractivity contribution in [1.82, 2.24) is 10.6 Å². The quantitative estimate of drug-likeness (QED) is 0.361. The van der Waals surface area contributed by atoms with E-state index in [1.165, 1.54) is 0 Å². The minimum atomic E-state index is -1.11. The summed E-state index contributed by atoms with van der Waals surface area (Å²) in [4.78, 5) is 26.6. The van der Waals surface area contributed by atoms with Gasteiger partial charge in [-0.25, -0.2) is 0 Å². The molecule has 1 aliphatic heterocycles. The molecule has 1 fully saturated rings. The van der Waals surface area contributed by atoms with Crippen LogP contribution in [0.5, 0.6) is 17.2 Å². The van der Waals surface area contributed by atoms with Crippen molar-refractivity contribution in [1.29, 1.82) is 0 Å². The monoisotopic (exact) mass is 548 g/mol. The zero-order valence-corrected chi connectivity index (χ0v) is 24.8. The van der Waals surface area contributed by atoms with Crippen LogP contribution in [0.25, 0.3) is 0 Å². The number of ether oxygens (including phenoxy) is 3. The molecule has 10 nitrogen and oxygen atoms in total. The molecule has 0 bridgehead atoms. The molecule has 2 aliphatic rings. The first kappa shape index (κ1) is 31.0. The maximum absolute atomic E-state index is 13.3. The molecule has 1 saturated heterocycles. The lowest BCUT2D eigenvalue weighted by Crippen LogP contribution is -2.56. The highest BCUT2D eigenvalue weighted by molar-refractivity contribution is 6.48. The summed E-state index contributed by atoms with van der Waals surface area (Å²) in [6.45, 7) is 11.4. The van der Waals surface area contributed by atoms with Crippen molar-refractivity contribution in [2.45, 2.75) is 90.4 Å². The van der Waals surface area contributed by atoms with Crippen LogP contribution in [0.4, 0.5) is 0 Å². The Bertz CT molecular complexity index is 1030. The van der Waals surface area contributed by atoms with E-state index in [9.17, 15) is 14.7 Å². The van der Waals surface area contributed by atoms with E-state index in [-0.39, 0.29) is 11.8 Å². The average Bonchev–Trinajstić information content (AvgIpc) is 3.11. The summed E-state index contributed by atoms with van der Waals surface area (Å²) in [6.07, 6.45) is 2.15. The molecular weight excluding hydrogens is 503 g/mol. The van der Waals surface area contributed by atoms with Crippen LogP contribution < -0.4 is 24.8 Å². The first-order chi connectivity index (χ1) is 18.3. The molecule has 0 saturated carbocycles. The topological polar surface area (TPSA) is 125 Å². The Balaban J connectivity index is 1.72. The van der Waals surface area contributed by atoms with E-state index in [0.29, 0.717) is 42.9 Å². The van der Waals surface area contributed by atoms with Crippen LogP contribution in [0.2, 0.25) is 0 Å². The maximum Gasteiger partial charge on any atom is 0.481 e. The molecule has 2 amide bonds. The fourth-order valence-electron chi connectivity index (χ4n) is 5.21. The van der Waals surface area contributed by atoms with Crippen LogP contribution >= 0.6 is 0 Å².